The molecule has 1 aliphatic rings. The molecule has 1 aliphatic carbocycles. The minimum absolute atomic E-state index is 0.00464. The summed E-state index contributed by atoms with van der Waals surface area (Å²) in [5.74, 6) is 0.753. The maximum Gasteiger partial charge on any atom is 0.217 e. The number of carbonyl (C=O) groups excluding carboxylic acids is 1. The number of rotatable bonds is 2. The van der Waals surface area contributed by atoms with E-state index in [1.807, 2.05) is 36.5 Å². The summed E-state index contributed by atoms with van der Waals surface area (Å²) in [7, 11) is 0. The molecular formula is C16H17N3O. The van der Waals surface area contributed by atoms with Crippen molar-refractivity contribution in [2.75, 3.05) is 0 Å². The molecule has 4 heteroatoms. The molecule has 0 unspecified atom stereocenters. The fourth-order valence-electron chi connectivity index (χ4n) is 2.67. The van der Waals surface area contributed by atoms with Crippen LogP contribution in [-0.2, 0) is 11.2 Å². The SMILES string of the molecule is CC(=O)N[C@H]1CCCc2nc(-c3ccccc3)ncc21. The van der Waals surface area contributed by atoms with E-state index in [4.69, 9.17) is 0 Å². The summed E-state index contributed by atoms with van der Waals surface area (Å²) >= 11 is 0. The minimum atomic E-state index is -0.00464. The van der Waals surface area contributed by atoms with Gasteiger partial charge in [0.25, 0.3) is 0 Å². The van der Waals surface area contributed by atoms with Crippen LogP contribution in [0.1, 0.15) is 37.1 Å². The fourth-order valence-corrected chi connectivity index (χ4v) is 2.67. The number of carbonyl (C=O) groups is 1. The van der Waals surface area contributed by atoms with Crippen molar-refractivity contribution in [2.24, 2.45) is 0 Å². The number of fused-ring (bicyclic) bond motifs is 1. The van der Waals surface area contributed by atoms with Gasteiger partial charge in [0.2, 0.25) is 5.91 Å². The summed E-state index contributed by atoms with van der Waals surface area (Å²) in [4.78, 5) is 20.4. The van der Waals surface area contributed by atoms with E-state index in [1.54, 1.807) is 6.92 Å². The Morgan fingerprint density at radius 3 is 2.85 bits per heavy atom. The summed E-state index contributed by atoms with van der Waals surface area (Å²) in [5.41, 5.74) is 3.15. The maximum atomic E-state index is 11.3. The second kappa shape index (κ2) is 5.41. The lowest BCUT2D eigenvalue weighted by Gasteiger charge is -2.25. The Hall–Kier alpha value is -2.23. The van der Waals surface area contributed by atoms with Crippen LogP contribution in [0.15, 0.2) is 36.5 Å². The van der Waals surface area contributed by atoms with Gasteiger partial charge >= 0.3 is 0 Å². The van der Waals surface area contributed by atoms with E-state index < -0.39 is 0 Å². The van der Waals surface area contributed by atoms with Gasteiger partial charge in [0.15, 0.2) is 5.82 Å². The van der Waals surface area contributed by atoms with Crippen LogP contribution in [0.3, 0.4) is 0 Å². The quantitative estimate of drug-likeness (QED) is 0.910. The van der Waals surface area contributed by atoms with Crippen molar-refractivity contribution >= 4 is 5.91 Å². The maximum absolute atomic E-state index is 11.3. The third-order valence-corrected chi connectivity index (χ3v) is 3.59. The van der Waals surface area contributed by atoms with Crippen LogP contribution in [0.5, 0.6) is 0 Å². The van der Waals surface area contributed by atoms with E-state index in [2.05, 4.69) is 15.3 Å². The number of nitrogens with zero attached hydrogens (tertiary/aromatic N) is 2. The topological polar surface area (TPSA) is 54.9 Å². The molecule has 0 saturated carbocycles. The molecule has 1 atom stereocenters. The average molecular weight is 267 g/mol. The first kappa shape index (κ1) is 12.8. The summed E-state index contributed by atoms with van der Waals surface area (Å²) in [5, 5.41) is 2.98. The third kappa shape index (κ3) is 2.54. The number of benzene rings is 1. The van der Waals surface area contributed by atoms with Gasteiger partial charge in [-0.15, -0.1) is 0 Å². The highest BCUT2D eigenvalue weighted by atomic mass is 16.1. The Labute approximate surface area is 118 Å². The molecule has 0 aliphatic heterocycles. The zero-order valence-electron chi connectivity index (χ0n) is 11.5. The normalized spacial score (nSPS) is 17.4. The van der Waals surface area contributed by atoms with E-state index in [9.17, 15) is 4.79 Å². The van der Waals surface area contributed by atoms with Gasteiger partial charge in [-0.05, 0) is 19.3 Å². The van der Waals surface area contributed by atoms with Gasteiger partial charge in [0.05, 0.1) is 6.04 Å². The van der Waals surface area contributed by atoms with Gasteiger partial charge in [-0.2, -0.15) is 0 Å². The van der Waals surface area contributed by atoms with Gasteiger partial charge in [-0.25, -0.2) is 9.97 Å². The van der Waals surface area contributed by atoms with Crippen molar-refractivity contribution in [1.82, 2.24) is 15.3 Å². The number of hydrogen-bond acceptors (Lipinski definition) is 3. The van der Waals surface area contributed by atoms with Crippen molar-refractivity contribution < 1.29 is 4.79 Å². The zero-order valence-corrected chi connectivity index (χ0v) is 11.5. The summed E-state index contributed by atoms with van der Waals surface area (Å²) < 4.78 is 0. The fraction of sp³-hybridized carbons (Fsp3) is 0.312. The van der Waals surface area contributed by atoms with Crippen molar-refractivity contribution in [3.8, 4) is 11.4 Å². The van der Waals surface area contributed by atoms with Crippen LogP contribution >= 0.6 is 0 Å². The highest BCUT2D eigenvalue weighted by molar-refractivity contribution is 5.73. The molecule has 0 spiro atoms. The standard InChI is InChI=1S/C16H17N3O/c1-11(20)18-14-8-5-9-15-13(14)10-17-16(19-15)12-6-3-2-4-7-12/h2-4,6-7,10,14H,5,8-9H2,1H3,(H,18,20)/t14-/m0/s1. The van der Waals surface area contributed by atoms with Crippen LogP contribution < -0.4 is 5.32 Å². The van der Waals surface area contributed by atoms with E-state index in [-0.39, 0.29) is 11.9 Å². The lowest BCUT2D eigenvalue weighted by molar-refractivity contribution is -0.119. The van der Waals surface area contributed by atoms with Gasteiger partial charge in [0, 0.05) is 29.9 Å². The molecule has 1 aromatic heterocycles. The molecule has 2 aromatic rings. The molecule has 0 fully saturated rings. The van der Waals surface area contributed by atoms with Crippen LogP contribution in [0.25, 0.3) is 11.4 Å². The number of aromatic nitrogens is 2. The number of nitrogens with one attached hydrogen (secondary N) is 1. The van der Waals surface area contributed by atoms with Crippen LogP contribution in [-0.4, -0.2) is 15.9 Å². The van der Waals surface area contributed by atoms with Crippen molar-refractivity contribution in [3.63, 3.8) is 0 Å². The van der Waals surface area contributed by atoms with Crippen molar-refractivity contribution in [2.45, 2.75) is 32.2 Å². The van der Waals surface area contributed by atoms with Crippen LogP contribution in [0.2, 0.25) is 0 Å². The van der Waals surface area contributed by atoms with Crippen molar-refractivity contribution in [3.05, 3.63) is 47.8 Å². The van der Waals surface area contributed by atoms with Crippen LogP contribution in [0.4, 0.5) is 0 Å². The second-order valence-electron chi connectivity index (χ2n) is 5.11. The molecular weight excluding hydrogens is 250 g/mol. The Kier molecular flexibility index (Phi) is 3.46. The summed E-state index contributed by atoms with van der Waals surface area (Å²) in [6.45, 7) is 1.55. The molecule has 0 bridgehead atoms. The predicted molar refractivity (Wildman–Crippen MR) is 77.0 cm³/mol. The highest BCUT2D eigenvalue weighted by Gasteiger charge is 2.22. The lowest BCUT2D eigenvalue weighted by Crippen LogP contribution is -2.29. The molecule has 102 valence electrons. The summed E-state index contributed by atoms with van der Waals surface area (Å²) in [6, 6.07) is 10.0. The highest BCUT2D eigenvalue weighted by Crippen LogP contribution is 2.29. The molecule has 1 heterocycles. The van der Waals surface area contributed by atoms with Gasteiger partial charge in [-0.1, -0.05) is 30.3 Å². The molecule has 4 nitrogen and oxygen atoms in total. The Morgan fingerprint density at radius 1 is 1.30 bits per heavy atom. The summed E-state index contributed by atoms with van der Waals surface area (Å²) in [6.07, 6.45) is 4.82. The number of amides is 1. The lowest BCUT2D eigenvalue weighted by atomic mass is 9.92. The van der Waals surface area contributed by atoms with E-state index in [0.717, 1.165) is 41.9 Å². The molecule has 1 aromatic carbocycles. The second-order valence-corrected chi connectivity index (χ2v) is 5.11. The zero-order chi connectivity index (χ0) is 13.9. The number of aryl methyl sites for hydroxylation is 1. The monoisotopic (exact) mass is 267 g/mol. The predicted octanol–water partition coefficient (Wildman–Crippen LogP) is 2.66. The molecule has 3 rings (SSSR count). The van der Waals surface area contributed by atoms with Gasteiger partial charge in [0.1, 0.15) is 0 Å². The first-order valence-corrected chi connectivity index (χ1v) is 6.92. The van der Waals surface area contributed by atoms with E-state index in [1.165, 1.54) is 0 Å². The van der Waals surface area contributed by atoms with Gasteiger partial charge in [-0.3, -0.25) is 4.79 Å². The van der Waals surface area contributed by atoms with E-state index in [0.29, 0.717) is 0 Å². The van der Waals surface area contributed by atoms with Gasteiger partial charge < -0.3 is 5.32 Å². The average Bonchev–Trinajstić information content (AvgIpc) is 2.47. The van der Waals surface area contributed by atoms with E-state index >= 15 is 0 Å². The minimum Gasteiger partial charge on any atom is -0.349 e. The first-order chi connectivity index (χ1) is 9.74. The largest absolute Gasteiger partial charge is 0.349 e. The third-order valence-electron chi connectivity index (χ3n) is 3.59. The molecule has 1 N–H and O–H groups in total. The molecule has 20 heavy (non-hydrogen) atoms. The first-order valence-electron chi connectivity index (χ1n) is 6.92. The number of hydrogen-bond donors (Lipinski definition) is 1. The van der Waals surface area contributed by atoms with Crippen LogP contribution in [0, 0.1) is 0 Å². The van der Waals surface area contributed by atoms with Crippen molar-refractivity contribution in [1.29, 1.82) is 0 Å². The molecule has 1 amide bonds. The molecule has 0 saturated heterocycles. The Morgan fingerprint density at radius 2 is 2.10 bits per heavy atom. The smallest absolute Gasteiger partial charge is 0.217 e. The Bertz CT molecular complexity index is 625. The Balaban J connectivity index is 1.95. The molecule has 0 radical (unpaired) electrons.